The van der Waals surface area contributed by atoms with Gasteiger partial charge in [-0.1, -0.05) is 13.8 Å². The predicted molar refractivity (Wildman–Crippen MR) is 77.2 cm³/mol. The lowest BCUT2D eigenvalue weighted by Gasteiger charge is -2.15. The molecular weight excluding hydrogens is 226 g/mol. The van der Waals surface area contributed by atoms with Crippen LogP contribution in [0, 0.1) is 0 Å². The van der Waals surface area contributed by atoms with Crippen LogP contribution in [0.15, 0.2) is 6.07 Å². The second-order valence-electron chi connectivity index (χ2n) is 4.38. The Kier molecular flexibility index (Phi) is 6.43. The number of nitrogens with zero attached hydrogens (tertiary/aromatic N) is 3. The van der Waals surface area contributed by atoms with Gasteiger partial charge in [-0.3, -0.25) is 0 Å². The molecule has 0 aliphatic carbocycles. The second kappa shape index (κ2) is 7.87. The molecule has 0 spiro atoms. The van der Waals surface area contributed by atoms with E-state index in [0.717, 1.165) is 49.9 Å². The number of hydrogen-bond donors (Lipinski definition) is 2. The van der Waals surface area contributed by atoms with Crippen LogP contribution in [0.2, 0.25) is 0 Å². The maximum Gasteiger partial charge on any atom is 0.133 e. The highest BCUT2D eigenvalue weighted by molar-refractivity contribution is 5.47. The Morgan fingerprint density at radius 2 is 1.94 bits per heavy atom. The summed E-state index contributed by atoms with van der Waals surface area (Å²) in [5.41, 5.74) is 0. The van der Waals surface area contributed by atoms with E-state index in [1.165, 1.54) is 0 Å². The van der Waals surface area contributed by atoms with Crippen molar-refractivity contribution in [3.8, 4) is 0 Å². The molecule has 1 aromatic rings. The van der Waals surface area contributed by atoms with E-state index < -0.39 is 0 Å². The third-order valence-corrected chi connectivity index (χ3v) is 2.84. The van der Waals surface area contributed by atoms with Gasteiger partial charge in [0, 0.05) is 32.6 Å². The lowest BCUT2D eigenvalue weighted by molar-refractivity contribution is 0.367. The molecular formula is C13H25N5. The second-order valence-corrected chi connectivity index (χ2v) is 4.38. The van der Waals surface area contributed by atoms with E-state index in [2.05, 4.69) is 46.4 Å². The first-order chi connectivity index (χ1) is 8.69. The minimum atomic E-state index is 0.875. The Morgan fingerprint density at radius 1 is 1.22 bits per heavy atom. The van der Waals surface area contributed by atoms with Crippen molar-refractivity contribution in [1.82, 2.24) is 14.9 Å². The summed E-state index contributed by atoms with van der Waals surface area (Å²) in [6.45, 7) is 7.27. The monoisotopic (exact) mass is 251 g/mol. The zero-order valence-electron chi connectivity index (χ0n) is 12.0. The molecule has 1 heterocycles. The van der Waals surface area contributed by atoms with Gasteiger partial charge < -0.3 is 15.5 Å². The van der Waals surface area contributed by atoms with E-state index in [9.17, 15) is 0 Å². The predicted octanol–water partition coefficient (Wildman–Crippen LogP) is 1.83. The molecule has 18 heavy (non-hydrogen) atoms. The maximum atomic E-state index is 4.51. The van der Waals surface area contributed by atoms with Crippen molar-refractivity contribution in [2.45, 2.75) is 26.7 Å². The smallest absolute Gasteiger partial charge is 0.133 e. The summed E-state index contributed by atoms with van der Waals surface area (Å²) >= 11 is 0. The number of aryl methyl sites for hydroxylation is 1. The highest BCUT2D eigenvalue weighted by Crippen LogP contribution is 2.11. The third-order valence-electron chi connectivity index (χ3n) is 2.84. The van der Waals surface area contributed by atoms with E-state index in [1.807, 2.05) is 13.1 Å². The number of likely N-dealkylation sites (N-methyl/N-ethyl adjacent to an activating group) is 1. The minimum Gasteiger partial charge on any atom is -0.373 e. The van der Waals surface area contributed by atoms with Crippen LogP contribution in [-0.2, 0) is 6.42 Å². The van der Waals surface area contributed by atoms with Gasteiger partial charge in [-0.15, -0.1) is 0 Å². The fourth-order valence-electron chi connectivity index (χ4n) is 1.58. The number of hydrogen-bond acceptors (Lipinski definition) is 5. The molecule has 0 saturated heterocycles. The van der Waals surface area contributed by atoms with Crippen LogP contribution < -0.4 is 10.6 Å². The van der Waals surface area contributed by atoms with Gasteiger partial charge in [0.25, 0.3) is 0 Å². The molecule has 0 fully saturated rings. The fraction of sp³-hybridized carbons (Fsp3) is 0.692. The van der Waals surface area contributed by atoms with Crippen LogP contribution in [0.5, 0.6) is 0 Å². The molecule has 2 N–H and O–H groups in total. The van der Waals surface area contributed by atoms with Crippen molar-refractivity contribution in [1.29, 1.82) is 0 Å². The zero-order chi connectivity index (χ0) is 13.4. The van der Waals surface area contributed by atoms with Crippen molar-refractivity contribution in [2.24, 2.45) is 0 Å². The normalized spacial score (nSPS) is 10.7. The number of anilines is 2. The minimum absolute atomic E-state index is 0.875. The van der Waals surface area contributed by atoms with Gasteiger partial charge in [0.15, 0.2) is 0 Å². The first-order valence-electron chi connectivity index (χ1n) is 6.67. The van der Waals surface area contributed by atoms with Gasteiger partial charge in [-0.25, -0.2) is 9.97 Å². The van der Waals surface area contributed by atoms with E-state index in [0.29, 0.717) is 0 Å². The molecule has 0 unspecified atom stereocenters. The SMILES string of the molecule is CCCc1nc(NC)cc(NCCN(C)CC)n1. The summed E-state index contributed by atoms with van der Waals surface area (Å²) in [5, 5.41) is 6.43. The highest BCUT2D eigenvalue weighted by atomic mass is 15.1. The molecule has 5 heteroatoms. The molecule has 5 nitrogen and oxygen atoms in total. The Morgan fingerprint density at radius 3 is 2.56 bits per heavy atom. The van der Waals surface area contributed by atoms with Gasteiger partial charge in [-0.05, 0) is 20.0 Å². The largest absolute Gasteiger partial charge is 0.373 e. The van der Waals surface area contributed by atoms with Crippen LogP contribution in [0.1, 0.15) is 26.1 Å². The summed E-state index contributed by atoms with van der Waals surface area (Å²) in [6.07, 6.45) is 1.98. The van der Waals surface area contributed by atoms with Crippen molar-refractivity contribution in [3.05, 3.63) is 11.9 Å². The Hall–Kier alpha value is -1.36. The first kappa shape index (κ1) is 14.7. The van der Waals surface area contributed by atoms with Crippen molar-refractivity contribution >= 4 is 11.6 Å². The van der Waals surface area contributed by atoms with E-state index in [1.54, 1.807) is 0 Å². The molecule has 0 radical (unpaired) electrons. The highest BCUT2D eigenvalue weighted by Gasteiger charge is 2.03. The number of aromatic nitrogens is 2. The summed E-state index contributed by atoms with van der Waals surface area (Å²) in [6, 6.07) is 1.95. The average molecular weight is 251 g/mol. The van der Waals surface area contributed by atoms with Crippen LogP contribution in [0.25, 0.3) is 0 Å². The zero-order valence-corrected chi connectivity index (χ0v) is 12.0. The Balaban J connectivity index is 2.60. The molecule has 1 aromatic heterocycles. The van der Waals surface area contributed by atoms with Crippen LogP contribution in [0.3, 0.4) is 0 Å². The van der Waals surface area contributed by atoms with E-state index in [-0.39, 0.29) is 0 Å². The molecule has 0 bridgehead atoms. The molecule has 0 saturated carbocycles. The summed E-state index contributed by atoms with van der Waals surface area (Å²) in [7, 11) is 4.00. The van der Waals surface area contributed by atoms with Gasteiger partial charge >= 0.3 is 0 Å². The van der Waals surface area contributed by atoms with Crippen molar-refractivity contribution < 1.29 is 0 Å². The first-order valence-corrected chi connectivity index (χ1v) is 6.67. The van der Waals surface area contributed by atoms with Crippen LogP contribution >= 0.6 is 0 Å². The average Bonchev–Trinajstić information content (AvgIpc) is 2.38. The Bertz CT molecular complexity index is 353. The summed E-state index contributed by atoms with van der Waals surface area (Å²) in [5.74, 6) is 2.68. The lowest BCUT2D eigenvalue weighted by atomic mass is 10.3. The molecule has 0 atom stereocenters. The maximum absolute atomic E-state index is 4.51. The standard InChI is InChI=1S/C13H25N5/c1-5-7-11-16-12(14-3)10-13(17-11)15-8-9-18(4)6-2/h10H,5-9H2,1-4H3,(H2,14,15,16,17). The summed E-state index contributed by atoms with van der Waals surface area (Å²) < 4.78 is 0. The van der Waals surface area contributed by atoms with Gasteiger partial charge in [0.2, 0.25) is 0 Å². The van der Waals surface area contributed by atoms with E-state index in [4.69, 9.17) is 0 Å². The number of rotatable bonds is 8. The molecule has 102 valence electrons. The molecule has 1 rings (SSSR count). The van der Waals surface area contributed by atoms with Crippen molar-refractivity contribution in [2.75, 3.05) is 44.4 Å². The van der Waals surface area contributed by atoms with E-state index >= 15 is 0 Å². The fourth-order valence-corrected chi connectivity index (χ4v) is 1.58. The Labute approximate surface area is 110 Å². The third kappa shape index (κ3) is 4.87. The summed E-state index contributed by atoms with van der Waals surface area (Å²) in [4.78, 5) is 11.2. The van der Waals surface area contributed by atoms with Gasteiger partial charge in [0.05, 0.1) is 0 Å². The van der Waals surface area contributed by atoms with Gasteiger partial charge in [-0.2, -0.15) is 0 Å². The molecule has 0 aliphatic heterocycles. The van der Waals surface area contributed by atoms with Crippen LogP contribution in [0.4, 0.5) is 11.6 Å². The number of nitrogens with one attached hydrogen (secondary N) is 2. The lowest BCUT2D eigenvalue weighted by Crippen LogP contribution is -2.25. The topological polar surface area (TPSA) is 53.1 Å². The van der Waals surface area contributed by atoms with Crippen molar-refractivity contribution in [3.63, 3.8) is 0 Å². The van der Waals surface area contributed by atoms with Crippen LogP contribution in [-0.4, -0.2) is 48.6 Å². The molecule has 0 amide bonds. The van der Waals surface area contributed by atoms with Gasteiger partial charge in [0.1, 0.15) is 17.5 Å². The molecule has 0 aliphatic rings. The quantitative estimate of drug-likeness (QED) is 0.738. The molecule has 0 aromatic carbocycles.